The van der Waals surface area contributed by atoms with Gasteiger partial charge < -0.3 is 15.2 Å². The van der Waals surface area contributed by atoms with Gasteiger partial charge in [0.15, 0.2) is 0 Å². The zero-order valence-electron chi connectivity index (χ0n) is 14.3. The van der Waals surface area contributed by atoms with Gasteiger partial charge in [-0.05, 0) is 37.2 Å². The lowest BCUT2D eigenvalue weighted by molar-refractivity contribution is -0.169. The van der Waals surface area contributed by atoms with E-state index in [1.165, 1.54) is 0 Å². The van der Waals surface area contributed by atoms with Crippen LogP contribution in [-0.2, 0) is 19.9 Å². The molecule has 2 saturated carbocycles. The largest absolute Gasteiger partial charge is 0.454 e. The Morgan fingerprint density at radius 3 is 2.68 bits per heavy atom. The van der Waals surface area contributed by atoms with Gasteiger partial charge in [0.05, 0.1) is 18.6 Å². The van der Waals surface area contributed by atoms with Crippen LogP contribution in [0.5, 0.6) is 0 Å². The summed E-state index contributed by atoms with van der Waals surface area (Å²) in [5, 5.41) is 0. The number of nitrogens with two attached hydrogens (primary N) is 1. The minimum atomic E-state index is -0.533. The maximum Gasteiger partial charge on any atom is 0.307 e. The second-order valence-electron chi connectivity index (χ2n) is 8.18. The summed E-state index contributed by atoms with van der Waals surface area (Å²) in [6, 6.07) is 10.4. The first-order chi connectivity index (χ1) is 12.2. The van der Waals surface area contributed by atoms with Gasteiger partial charge in [-0.2, -0.15) is 0 Å². The average molecular weight is 339 g/mol. The highest BCUT2D eigenvalue weighted by molar-refractivity contribution is 5.71. The summed E-state index contributed by atoms with van der Waals surface area (Å²) in [6.07, 6.45) is 8.92. The average Bonchev–Trinajstić information content (AvgIpc) is 3.37. The first kappa shape index (κ1) is 15.6. The molecule has 4 bridgehead atoms. The van der Waals surface area contributed by atoms with Crippen LogP contribution in [0.2, 0.25) is 0 Å². The molecular formula is C21H25NO3. The minimum Gasteiger partial charge on any atom is -0.454 e. The van der Waals surface area contributed by atoms with E-state index in [1.807, 2.05) is 18.2 Å². The molecule has 2 aliphatic heterocycles. The van der Waals surface area contributed by atoms with E-state index in [1.54, 1.807) is 0 Å². The number of carbonyl (C=O) groups is 1. The third kappa shape index (κ3) is 2.38. The second-order valence-corrected chi connectivity index (χ2v) is 8.18. The lowest BCUT2D eigenvalue weighted by atomic mass is 9.78. The summed E-state index contributed by atoms with van der Waals surface area (Å²) in [6.45, 7) is 0. The first-order valence-electron chi connectivity index (χ1n) is 9.52. The highest BCUT2D eigenvalue weighted by Crippen LogP contribution is 2.57. The predicted molar refractivity (Wildman–Crippen MR) is 93.5 cm³/mol. The Labute approximate surface area is 148 Å². The van der Waals surface area contributed by atoms with Crippen LogP contribution >= 0.6 is 0 Å². The Morgan fingerprint density at radius 2 is 2.08 bits per heavy atom. The van der Waals surface area contributed by atoms with Crippen molar-refractivity contribution >= 4 is 5.97 Å². The Balaban J connectivity index is 1.38. The topological polar surface area (TPSA) is 61.5 Å². The van der Waals surface area contributed by atoms with Crippen LogP contribution in [0.1, 0.15) is 37.7 Å². The molecule has 7 atom stereocenters. The van der Waals surface area contributed by atoms with Gasteiger partial charge in [-0.3, -0.25) is 4.79 Å². The number of hydrogen-bond acceptors (Lipinski definition) is 4. The SMILES string of the molecule is NC1C2CCC1C(OC(=O)CC1CC3C=CC1O3)(c1ccccc1)C2. The molecule has 2 N–H and O–H groups in total. The van der Waals surface area contributed by atoms with Crippen molar-refractivity contribution in [2.24, 2.45) is 23.5 Å². The molecule has 25 heavy (non-hydrogen) atoms. The van der Waals surface area contributed by atoms with Crippen molar-refractivity contribution in [1.82, 2.24) is 0 Å². The molecule has 4 aliphatic rings. The molecule has 2 aliphatic carbocycles. The van der Waals surface area contributed by atoms with Crippen molar-refractivity contribution in [1.29, 1.82) is 0 Å². The number of benzene rings is 1. The van der Waals surface area contributed by atoms with Gasteiger partial charge in [0, 0.05) is 17.9 Å². The van der Waals surface area contributed by atoms with Gasteiger partial charge in [-0.1, -0.05) is 42.5 Å². The monoisotopic (exact) mass is 339 g/mol. The quantitative estimate of drug-likeness (QED) is 0.677. The molecule has 5 rings (SSSR count). The van der Waals surface area contributed by atoms with Gasteiger partial charge in [0.1, 0.15) is 5.60 Å². The van der Waals surface area contributed by atoms with Crippen molar-refractivity contribution in [2.75, 3.05) is 0 Å². The Morgan fingerprint density at radius 1 is 1.24 bits per heavy atom. The molecule has 3 fully saturated rings. The van der Waals surface area contributed by atoms with E-state index in [4.69, 9.17) is 15.2 Å². The van der Waals surface area contributed by atoms with Crippen LogP contribution in [0.15, 0.2) is 42.5 Å². The maximum absolute atomic E-state index is 12.9. The fraction of sp³-hybridized carbons (Fsp3) is 0.571. The van der Waals surface area contributed by atoms with Gasteiger partial charge >= 0.3 is 5.97 Å². The standard InChI is InChI=1S/C21H25NO3/c22-20-13-6-8-17(20)21(12-13,15-4-2-1-3-5-15)25-19(23)11-14-10-16-7-9-18(14)24-16/h1-5,7,9,13-14,16-18,20H,6,8,10-12,22H2. The molecule has 4 heteroatoms. The molecule has 0 spiro atoms. The summed E-state index contributed by atoms with van der Waals surface area (Å²) in [5.41, 5.74) is 7.04. The number of esters is 1. The van der Waals surface area contributed by atoms with E-state index >= 15 is 0 Å². The van der Waals surface area contributed by atoms with Crippen molar-refractivity contribution < 1.29 is 14.3 Å². The number of ether oxygens (including phenoxy) is 2. The third-order valence-corrected chi connectivity index (χ3v) is 6.86. The molecule has 7 unspecified atom stereocenters. The van der Waals surface area contributed by atoms with Crippen LogP contribution in [-0.4, -0.2) is 24.2 Å². The van der Waals surface area contributed by atoms with Gasteiger partial charge in [0.25, 0.3) is 0 Å². The molecule has 4 nitrogen and oxygen atoms in total. The Hall–Kier alpha value is -1.65. The number of rotatable bonds is 4. The molecule has 0 aromatic heterocycles. The van der Waals surface area contributed by atoms with Crippen molar-refractivity contribution in [3.05, 3.63) is 48.0 Å². The van der Waals surface area contributed by atoms with Crippen LogP contribution in [0, 0.1) is 17.8 Å². The molecule has 2 heterocycles. The van der Waals surface area contributed by atoms with Crippen LogP contribution in [0.25, 0.3) is 0 Å². The van der Waals surface area contributed by atoms with Crippen molar-refractivity contribution in [3.63, 3.8) is 0 Å². The lowest BCUT2D eigenvalue weighted by Gasteiger charge is -2.38. The summed E-state index contributed by atoms with van der Waals surface area (Å²) < 4.78 is 12.1. The lowest BCUT2D eigenvalue weighted by Crippen LogP contribution is -2.41. The van der Waals surface area contributed by atoms with Crippen molar-refractivity contribution in [2.45, 2.75) is 56.0 Å². The number of hydrogen-bond donors (Lipinski definition) is 1. The number of carbonyl (C=O) groups excluding carboxylic acids is 1. The molecule has 132 valence electrons. The molecule has 1 saturated heterocycles. The predicted octanol–water partition coefficient (Wildman–Crippen LogP) is 2.92. The van der Waals surface area contributed by atoms with Crippen LogP contribution in [0.3, 0.4) is 0 Å². The first-order valence-corrected chi connectivity index (χ1v) is 9.52. The Bertz CT molecular complexity index is 702. The van der Waals surface area contributed by atoms with E-state index in [9.17, 15) is 4.79 Å². The zero-order chi connectivity index (χ0) is 17.0. The van der Waals surface area contributed by atoms with Gasteiger partial charge in [-0.25, -0.2) is 0 Å². The van der Waals surface area contributed by atoms with E-state index in [2.05, 4.69) is 24.3 Å². The molecule has 1 aromatic rings. The fourth-order valence-electron chi connectivity index (χ4n) is 5.68. The van der Waals surface area contributed by atoms with E-state index in [-0.39, 0.29) is 36.1 Å². The third-order valence-electron chi connectivity index (χ3n) is 6.86. The molecule has 1 aromatic carbocycles. The highest BCUT2D eigenvalue weighted by Gasteiger charge is 2.59. The summed E-state index contributed by atoms with van der Waals surface area (Å²) in [4.78, 5) is 12.9. The van der Waals surface area contributed by atoms with Crippen molar-refractivity contribution in [3.8, 4) is 0 Å². The summed E-state index contributed by atoms with van der Waals surface area (Å²) in [7, 11) is 0. The summed E-state index contributed by atoms with van der Waals surface area (Å²) in [5.74, 6) is 0.854. The number of fused-ring (bicyclic) bond motifs is 4. The normalized spacial score (nSPS) is 43.7. The van der Waals surface area contributed by atoms with Crippen LogP contribution in [0.4, 0.5) is 0 Å². The van der Waals surface area contributed by atoms with E-state index in [0.29, 0.717) is 12.3 Å². The smallest absolute Gasteiger partial charge is 0.307 e. The maximum atomic E-state index is 12.9. The fourth-order valence-corrected chi connectivity index (χ4v) is 5.68. The zero-order valence-corrected chi connectivity index (χ0v) is 14.3. The molecule has 0 radical (unpaired) electrons. The Kier molecular flexibility index (Phi) is 3.54. The van der Waals surface area contributed by atoms with Gasteiger partial charge in [-0.15, -0.1) is 0 Å². The van der Waals surface area contributed by atoms with Gasteiger partial charge in [0.2, 0.25) is 0 Å². The summed E-state index contributed by atoms with van der Waals surface area (Å²) >= 11 is 0. The molecular weight excluding hydrogens is 314 g/mol. The highest BCUT2D eigenvalue weighted by atomic mass is 16.6. The van der Waals surface area contributed by atoms with E-state index in [0.717, 1.165) is 31.2 Å². The second kappa shape index (κ2) is 5.68. The minimum absolute atomic E-state index is 0.0903. The molecule has 0 amide bonds. The van der Waals surface area contributed by atoms with Crippen LogP contribution < -0.4 is 5.73 Å². The van der Waals surface area contributed by atoms with E-state index < -0.39 is 5.60 Å².